The maximum atomic E-state index is 10.5. The first-order valence-electron chi connectivity index (χ1n) is 3.25. The van der Waals surface area contributed by atoms with Crippen molar-refractivity contribution in [3.05, 3.63) is 0 Å². The van der Waals surface area contributed by atoms with Crippen molar-refractivity contribution in [1.29, 1.82) is 0 Å². The van der Waals surface area contributed by atoms with Crippen molar-refractivity contribution >= 4 is 11.9 Å². The van der Waals surface area contributed by atoms with E-state index in [4.69, 9.17) is 10.8 Å². The quantitative estimate of drug-likeness (QED) is 0.383. The highest BCUT2D eigenvalue weighted by Crippen LogP contribution is 1.86. The van der Waals surface area contributed by atoms with Crippen LogP contribution in [0.4, 0.5) is 0 Å². The second kappa shape index (κ2) is 5.50. The predicted molar refractivity (Wildman–Crippen MR) is 38.0 cm³/mol. The van der Waals surface area contributed by atoms with E-state index in [1.165, 1.54) is 0 Å². The zero-order chi connectivity index (χ0) is 9.56. The van der Waals surface area contributed by atoms with Gasteiger partial charge in [-0.3, -0.25) is 0 Å². The van der Waals surface area contributed by atoms with Crippen molar-refractivity contribution in [2.75, 3.05) is 20.3 Å². The lowest BCUT2D eigenvalue weighted by molar-refractivity contribution is -0.167. The Kier molecular flexibility index (Phi) is 4.98. The van der Waals surface area contributed by atoms with Crippen LogP contribution in [0.25, 0.3) is 0 Å². The Hall–Kier alpha value is -1.14. The predicted octanol–water partition coefficient (Wildman–Crippen LogP) is -1.98. The molecule has 0 aromatic rings. The largest absolute Gasteiger partial charge is 0.461 e. The molecule has 6 nitrogen and oxygen atoms in total. The summed E-state index contributed by atoms with van der Waals surface area (Å²) >= 11 is 0. The van der Waals surface area contributed by atoms with Gasteiger partial charge in [0.2, 0.25) is 0 Å². The van der Waals surface area contributed by atoms with Gasteiger partial charge in [0.05, 0.1) is 7.11 Å². The molecular formula is C6H11NO5. The van der Waals surface area contributed by atoms with Gasteiger partial charge in [0.25, 0.3) is 0 Å². The highest BCUT2D eigenvalue weighted by molar-refractivity contribution is 6.29. The van der Waals surface area contributed by atoms with E-state index in [1.807, 2.05) is 0 Å². The summed E-state index contributed by atoms with van der Waals surface area (Å²) in [5, 5.41) is 8.81. The number of carbonyl (C=O) groups excluding carboxylic acids is 2. The maximum absolute atomic E-state index is 10.5. The fourth-order valence-corrected chi connectivity index (χ4v) is 0.382. The van der Waals surface area contributed by atoms with Crippen molar-refractivity contribution in [1.82, 2.24) is 0 Å². The topological polar surface area (TPSA) is 98.9 Å². The fourth-order valence-electron chi connectivity index (χ4n) is 0.382. The molecule has 0 saturated carbocycles. The third-order valence-corrected chi connectivity index (χ3v) is 1.03. The van der Waals surface area contributed by atoms with Crippen LogP contribution in [0.3, 0.4) is 0 Å². The molecule has 0 saturated heterocycles. The molecule has 3 N–H and O–H groups in total. The first-order valence-corrected chi connectivity index (χ1v) is 3.25. The van der Waals surface area contributed by atoms with Crippen LogP contribution in [-0.2, 0) is 19.1 Å². The molecule has 0 amide bonds. The van der Waals surface area contributed by atoms with Gasteiger partial charge in [0.1, 0.15) is 12.7 Å². The van der Waals surface area contributed by atoms with Crippen LogP contribution in [0.1, 0.15) is 0 Å². The molecule has 0 aliphatic heterocycles. The number of nitrogens with two attached hydrogens (primary N) is 1. The number of hydrogen-bond acceptors (Lipinski definition) is 6. The molecule has 0 radical (unpaired) electrons. The van der Waals surface area contributed by atoms with E-state index in [0.717, 1.165) is 7.11 Å². The van der Waals surface area contributed by atoms with Crippen molar-refractivity contribution in [3.8, 4) is 0 Å². The number of methoxy groups -OCH3 is 1. The minimum absolute atomic E-state index is 0.0333. The van der Waals surface area contributed by atoms with Crippen LogP contribution in [0.15, 0.2) is 0 Å². The summed E-state index contributed by atoms with van der Waals surface area (Å²) in [5.74, 6) is -2.23. The summed E-state index contributed by atoms with van der Waals surface area (Å²) in [5.41, 5.74) is 5.01. The average Bonchev–Trinajstić information content (AvgIpc) is 2.11. The zero-order valence-electron chi connectivity index (χ0n) is 6.65. The van der Waals surface area contributed by atoms with Gasteiger partial charge >= 0.3 is 11.9 Å². The molecule has 0 aromatic heterocycles. The summed E-state index contributed by atoms with van der Waals surface area (Å²) < 4.78 is 8.36. The molecular weight excluding hydrogens is 166 g/mol. The molecule has 0 fully saturated rings. The lowest BCUT2D eigenvalue weighted by Gasteiger charge is -2.06. The Morgan fingerprint density at radius 2 is 2.08 bits per heavy atom. The third kappa shape index (κ3) is 3.89. The van der Waals surface area contributed by atoms with Crippen LogP contribution in [0, 0.1) is 0 Å². The Bertz CT molecular complexity index is 169. The molecule has 0 heterocycles. The number of esters is 2. The van der Waals surface area contributed by atoms with Crippen LogP contribution < -0.4 is 5.73 Å². The van der Waals surface area contributed by atoms with Gasteiger partial charge in [0.15, 0.2) is 0 Å². The highest BCUT2D eigenvalue weighted by Gasteiger charge is 2.16. The van der Waals surface area contributed by atoms with Crippen molar-refractivity contribution < 1.29 is 24.2 Å². The van der Waals surface area contributed by atoms with Gasteiger partial charge in [-0.15, -0.1) is 0 Å². The normalized spacial score (nSPS) is 11.9. The number of aliphatic hydroxyl groups excluding tert-OH is 1. The van der Waals surface area contributed by atoms with E-state index in [9.17, 15) is 9.59 Å². The molecule has 0 aliphatic carbocycles. The van der Waals surface area contributed by atoms with Gasteiger partial charge < -0.3 is 20.3 Å². The molecule has 0 bridgehead atoms. The lowest BCUT2D eigenvalue weighted by atomic mass is 10.4. The second-order valence-electron chi connectivity index (χ2n) is 1.98. The molecule has 0 spiro atoms. The first-order chi connectivity index (χ1) is 5.61. The van der Waals surface area contributed by atoms with Gasteiger partial charge in [-0.25, -0.2) is 9.59 Å². The third-order valence-electron chi connectivity index (χ3n) is 1.03. The summed E-state index contributed by atoms with van der Waals surface area (Å²) in [7, 11) is 1.06. The molecule has 6 heteroatoms. The van der Waals surface area contributed by atoms with Crippen LogP contribution in [-0.4, -0.2) is 43.4 Å². The van der Waals surface area contributed by atoms with Gasteiger partial charge in [-0.1, -0.05) is 0 Å². The molecule has 1 atom stereocenters. The van der Waals surface area contributed by atoms with Crippen LogP contribution in [0.2, 0.25) is 0 Å². The monoisotopic (exact) mass is 177 g/mol. The van der Waals surface area contributed by atoms with E-state index in [2.05, 4.69) is 9.47 Å². The number of ether oxygens (including phenoxy) is 2. The fraction of sp³-hybridized carbons (Fsp3) is 0.667. The van der Waals surface area contributed by atoms with Crippen LogP contribution in [0.5, 0.6) is 0 Å². The second-order valence-corrected chi connectivity index (χ2v) is 1.98. The maximum Gasteiger partial charge on any atom is 0.417 e. The standard InChI is InChI=1S/C6H11NO5/c1-11-5(9)6(10)12-3-4(8)2-7/h4,8H,2-3,7H2,1H3. The first kappa shape index (κ1) is 10.9. The molecule has 0 rings (SSSR count). The minimum Gasteiger partial charge on any atom is -0.461 e. The van der Waals surface area contributed by atoms with Crippen molar-refractivity contribution in [2.24, 2.45) is 5.73 Å². The number of rotatable bonds is 3. The number of aliphatic hydroxyl groups is 1. The van der Waals surface area contributed by atoms with Gasteiger partial charge in [-0.05, 0) is 0 Å². The Morgan fingerprint density at radius 1 is 1.50 bits per heavy atom. The van der Waals surface area contributed by atoms with Gasteiger partial charge in [-0.2, -0.15) is 0 Å². The number of hydrogen-bond donors (Lipinski definition) is 2. The Morgan fingerprint density at radius 3 is 2.50 bits per heavy atom. The summed E-state index contributed by atoms with van der Waals surface area (Å²) in [4.78, 5) is 20.9. The SMILES string of the molecule is COC(=O)C(=O)OCC(O)CN. The number of carbonyl (C=O) groups is 2. The zero-order valence-corrected chi connectivity index (χ0v) is 6.65. The molecule has 70 valence electrons. The summed E-state index contributed by atoms with van der Waals surface area (Å²) in [6, 6.07) is 0. The Balaban J connectivity index is 3.64. The van der Waals surface area contributed by atoms with E-state index in [1.54, 1.807) is 0 Å². The summed E-state index contributed by atoms with van der Waals surface area (Å²) in [6.07, 6.45) is -0.946. The Labute approximate surface area is 69.2 Å². The van der Waals surface area contributed by atoms with E-state index in [-0.39, 0.29) is 13.2 Å². The van der Waals surface area contributed by atoms with Crippen LogP contribution >= 0.6 is 0 Å². The van der Waals surface area contributed by atoms with Gasteiger partial charge in [0, 0.05) is 6.54 Å². The molecule has 12 heavy (non-hydrogen) atoms. The summed E-state index contributed by atoms with van der Waals surface area (Å²) in [6.45, 7) is -0.334. The van der Waals surface area contributed by atoms with E-state index >= 15 is 0 Å². The highest BCUT2D eigenvalue weighted by atomic mass is 16.6. The molecule has 0 aliphatic rings. The average molecular weight is 177 g/mol. The van der Waals surface area contributed by atoms with Crippen molar-refractivity contribution in [2.45, 2.75) is 6.10 Å². The smallest absolute Gasteiger partial charge is 0.417 e. The van der Waals surface area contributed by atoms with Crippen molar-refractivity contribution in [3.63, 3.8) is 0 Å². The molecule has 1 unspecified atom stereocenters. The van der Waals surface area contributed by atoms with E-state index < -0.39 is 18.0 Å². The molecule has 0 aromatic carbocycles. The lowest BCUT2D eigenvalue weighted by Crippen LogP contribution is -2.29. The van der Waals surface area contributed by atoms with E-state index in [0.29, 0.717) is 0 Å². The minimum atomic E-state index is -1.13.